The van der Waals surface area contributed by atoms with Crippen molar-refractivity contribution in [3.8, 4) is 0 Å². The summed E-state index contributed by atoms with van der Waals surface area (Å²) in [6.45, 7) is 1.01. The predicted octanol–water partition coefficient (Wildman–Crippen LogP) is 3.18. The zero-order valence-electron chi connectivity index (χ0n) is 13.5. The van der Waals surface area contributed by atoms with Gasteiger partial charge in [-0.3, -0.25) is 4.79 Å². The van der Waals surface area contributed by atoms with E-state index in [9.17, 15) is 4.79 Å². The second-order valence-corrected chi connectivity index (χ2v) is 7.49. The molecule has 3 heterocycles. The van der Waals surface area contributed by atoms with Crippen LogP contribution in [-0.2, 0) is 24.1 Å². The minimum Gasteiger partial charge on any atom is -0.368 e. The van der Waals surface area contributed by atoms with Gasteiger partial charge < -0.3 is 14.6 Å². The average Bonchev–Trinajstić information content (AvgIpc) is 3.31. The smallest absolute Gasteiger partial charge is 0.261 e. The van der Waals surface area contributed by atoms with Crippen LogP contribution in [0.4, 0.5) is 0 Å². The molecule has 4 rings (SSSR count). The molecule has 0 aromatic carbocycles. The molecule has 1 fully saturated rings. The maximum atomic E-state index is 12.4. The number of amides is 1. The number of fused-ring (bicyclic) bond motifs is 1. The Labute approximate surface area is 144 Å². The summed E-state index contributed by atoms with van der Waals surface area (Å²) in [6.07, 6.45) is 7.76. The van der Waals surface area contributed by atoms with Crippen molar-refractivity contribution in [2.24, 2.45) is 0 Å². The van der Waals surface area contributed by atoms with Gasteiger partial charge in [-0.1, -0.05) is 11.6 Å². The van der Waals surface area contributed by atoms with Gasteiger partial charge in [0.25, 0.3) is 11.8 Å². The molecule has 1 aliphatic carbocycles. The minimum absolute atomic E-state index is 0.0588. The van der Waals surface area contributed by atoms with Gasteiger partial charge in [-0.05, 0) is 50.2 Å². The van der Waals surface area contributed by atoms with E-state index in [0.717, 1.165) is 37.2 Å². The third-order valence-corrected chi connectivity index (χ3v) is 5.80. The number of aromatic nitrogens is 2. The summed E-state index contributed by atoms with van der Waals surface area (Å²) in [6, 6.07) is 2.05. The second-order valence-electron chi connectivity index (χ2n) is 6.35. The SMILES string of the molecule is O=C(NCc1noc(C2CCCO2)n1)c1cc2c(s1)CCCCC2. The monoisotopic (exact) mass is 347 g/mol. The van der Waals surface area contributed by atoms with Crippen LogP contribution < -0.4 is 5.32 Å². The molecule has 2 aromatic heterocycles. The number of hydrogen-bond donors (Lipinski definition) is 1. The summed E-state index contributed by atoms with van der Waals surface area (Å²) >= 11 is 1.62. The van der Waals surface area contributed by atoms with Crippen LogP contribution in [0.2, 0.25) is 0 Å². The highest BCUT2D eigenvalue weighted by Crippen LogP contribution is 2.29. The van der Waals surface area contributed by atoms with Gasteiger partial charge in [-0.2, -0.15) is 4.98 Å². The topological polar surface area (TPSA) is 77.2 Å². The van der Waals surface area contributed by atoms with E-state index in [1.54, 1.807) is 11.3 Å². The minimum atomic E-state index is -0.0880. The number of thiophene rings is 1. The lowest BCUT2D eigenvalue weighted by molar-refractivity contribution is 0.0835. The van der Waals surface area contributed by atoms with Gasteiger partial charge in [-0.15, -0.1) is 11.3 Å². The number of hydrogen-bond acceptors (Lipinski definition) is 6. The van der Waals surface area contributed by atoms with Crippen molar-refractivity contribution in [1.82, 2.24) is 15.5 Å². The van der Waals surface area contributed by atoms with Gasteiger partial charge in [0.15, 0.2) is 5.82 Å². The van der Waals surface area contributed by atoms with Crippen molar-refractivity contribution in [3.05, 3.63) is 33.1 Å². The molecule has 1 amide bonds. The number of aryl methyl sites for hydroxylation is 2. The molecule has 0 saturated carbocycles. The normalized spacial score (nSPS) is 20.6. The molecule has 0 bridgehead atoms. The highest BCUT2D eigenvalue weighted by molar-refractivity contribution is 7.14. The molecule has 1 atom stereocenters. The molecule has 1 unspecified atom stereocenters. The standard InChI is InChI=1S/C17H21N3O3S/c21-16(14-9-11-5-2-1-3-7-13(11)24-14)18-10-15-19-17(23-20-15)12-6-4-8-22-12/h9,12H,1-8,10H2,(H,18,21). The molecule has 7 heteroatoms. The zero-order valence-corrected chi connectivity index (χ0v) is 14.4. The van der Waals surface area contributed by atoms with Crippen LogP contribution in [0.25, 0.3) is 0 Å². The summed E-state index contributed by atoms with van der Waals surface area (Å²) in [5.74, 6) is 0.947. The molecule has 6 nitrogen and oxygen atoms in total. The first-order chi connectivity index (χ1) is 11.8. The van der Waals surface area contributed by atoms with Crippen LogP contribution in [-0.4, -0.2) is 22.7 Å². The van der Waals surface area contributed by atoms with Crippen molar-refractivity contribution in [1.29, 1.82) is 0 Å². The van der Waals surface area contributed by atoms with Gasteiger partial charge in [0.2, 0.25) is 0 Å². The van der Waals surface area contributed by atoms with Crippen molar-refractivity contribution in [2.75, 3.05) is 6.61 Å². The summed E-state index contributed by atoms with van der Waals surface area (Å²) < 4.78 is 10.8. The van der Waals surface area contributed by atoms with E-state index < -0.39 is 0 Å². The molecule has 128 valence electrons. The summed E-state index contributed by atoms with van der Waals surface area (Å²) in [5.41, 5.74) is 1.35. The van der Waals surface area contributed by atoms with Crippen molar-refractivity contribution < 1.29 is 14.1 Å². The second kappa shape index (κ2) is 7.03. The van der Waals surface area contributed by atoms with Gasteiger partial charge >= 0.3 is 0 Å². The fourth-order valence-electron chi connectivity index (χ4n) is 3.27. The van der Waals surface area contributed by atoms with E-state index in [1.165, 1.54) is 29.7 Å². The molecular weight excluding hydrogens is 326 g/mol. The Hall–Kier alpha value is -1.73. The van der Waals surface area contributed by atoms with Gasteiger partial charge in [-0.25, -0.2) is 0 Å². The lowest BCUT2D eigenvalue weighted by atomic mass is 10.1. The Morgan fingerprint density at radius 3 is 3.08 bits per heavy atom. The van der Waals surface area contributed by atoms with Crippen LogP contribution in [0.3, 0.4) is 0 Å². The molecule has 2 aromatic rings. The number of rotatable bonds is 4. The molecule has 1 N–H and O–H groups in total. The number of carbonyl (C=O) groups excluding carboxylic acids is 1. The summed E-state index contributed by atoms with van der Waals surface area (Å²) in [5, 5.41) is 6.82. The largest absolute Gasteiger partial charge is 0.368 e. The van der Waals surface area contributed by atoms with Crippen molar-refractivity contribution >= 4 is 17.2 Å². The van der Waals surface area contributed by atoms with Gasteiger partial charge in [0.05, 0.1) is 11.4 Å². The lowest BCUT2D eigenvalue weighted by Gasteiger charge is -2.01. The first kappa shape index (κ1) is 15.8. The highest BCUT2D eigenvalue weighted by Gasteiger charge is 2.24. The van der Waals surface area contributed by atoms with E-state index in [1.807, 2.05) is 0 Å². The van der Waals surface area contributed by atoms with Crippen LogP contribution in [0.15, 0.2) is 10.6 Å². The third-order valence-electron chi connectivity index (χ3n) is 4.57. The molecular formula is C17H21N3O3S. The first-order valence-corrected chi connectivity index (χ1v) is 9.45. The van der Waals surface area contributed by atoms with Gasteiger partial charge in [0.1, 0.15) is 6.10 Å². The number of ether oxygens (including phenoxy) is 1. The van der Waals surface area contributed by atoms with E-state index >= 15 is 0 Å². The number of nitrogens with one attached hydrogen (secondary N) is 1. The molecule has 0 spiro atoms. The number of nitrogens with zero attached hydrogens (tertiary/aromatic N) is 2. The maximum Gasteiger partial charge on any atom is 0.261 e. The van der Waals surface area contributed by atoms with E-state index in [2.05, 4.69) is 21.5 Å². The fourth-order valence-corrected chi connectivity index (χ4v) is 4.44. The van der Waals surface area contributed by atoms with Crippen LogP contribution in [0.1, 0.15) is 70.0 Å². The molecule has 24 heavy (non-hydrogen) atoms. The summed E-state index contributed by atoms with van der Waals surface area (Å²) in [4.78, 5) is 18.8. The predicted molar refractivity (Wildman–Crippen MR) is 89.0 cm³/mol. The lowest BCUT2D eigenvalue weighted by Crippen LogP contribution is -2.22. The fraction of sp³-hybridized carbons (Fsp3) is 0.588. The first-order valence-electron chi connectivity index (χ1n) is 8.63. The Morgan fingerprint density at radius 2 is 2.21 bits per heavy atom. The maximum absolute atomic E-state index is 12.4. The molecule has 2 aliphatic rings. The zero-order chi connectivity index (χ0) is 16.4. The van der Waals surface area contributed by atoms with Crippen molar-refractivity contribution in [2.45, 2.75) is 57.6 Å². The van der Waals surface area contributed by atoms with E-state index in [4.69, 9.17) is 9.26 Å². The Kier molecular flexibility index (Phi) is 4.62. The Bertz CT molecular complexity index is 695. The van der Waals surface area contributed by atoms with Crippen LogP contribution in [0.5, 0.6) is 0 Å². The summed E-state index contributed by atoms with van der Waals surface area (Å²) in [7, 11) is 0. The van der Waals surface area contributed by atoms with Gasteiger partial charge in [0, 0.05) is 11.5 Å². The van der Waals surface area contributed by atoms with E-state index in [-0.39, 0.29) is 18.6 Å². The van der Waals surface area contributed by atoms with Crippen molar-refractivity contribution in [3.63, 3.8) is 0 Å². The van der Waals surface area contributed by atoms with Crippen LogP contribution in [0, 0.1) is 0 Å². The molecule has 0 radical (unpaired) electrons. The quantitative estimate of drug-likeness (QED) is 0.860. The Morgan fingerprint density at radius 1 is 1.29 bits per heavy atom. The molecule has 1 saturated heterocycles. The Balaban J connectivity index is 1.36. The third kappa shape index (κ3) is 3.37. The molecule has 1 aliphatic heterocycles. The number of carbonyl (C=O) groups is 1. The highest BCUT2D eigenvalue weighted by atomic mass is 32.1. The average molecular weight is 347 g/mol. The van der Waals surface area contributed by atoms with E-state index in [0.29, 0.717) is 11.7 Å². The van der Waals surface area contributed by atoms with Crippen LogP contribution >= 0.6 is 11.3 Å².